The molecule has 0 radical (unpaired) electrons. The van der Waals surface area contributed by atoms with E-state index in [4.69, 9.17) is 10.5 Å². The van der Waals surface area contributed by atoms with E-state index in [0.29, 0.717) is 13.0 Å². The van der Waals surface area contributed by atoms with Crippen molar-refractivity contribution >= 4 is 5.91 Å². The molecule has 4 heteroatoms. The van der Waals surface area contributed by atoms with E-state index in [1.165, 1.54) is 0 Å². The Kier molecular flexibility index (Phi) is 4.97. The number of carbonyl (C=O) groups excluding carboxylic acids is 1. The lowest BCUT2D eigenvalue weighted by Crippen LogP contribution is -2.27. The van der Waals surface area contributed by atoms with Gasteiger partial charge in [0.25, 0.3) is 0 Å². The lowest BCUT2D eigenvalue weighted by Gasteiger charge is -2.24. The maximum Gasteiger partial charge on any atom is 0.218 e. The highest BCUT2D eigenvalue weighted by Gasteiger charge is 2.12. The first-order valence-corrected chi connectivity index (χ1v) is 5.67. The molecule has 0 fully saturated rings. The first-order valence-electron chi connectivity index (χ1n) is 5.67. The average molecular weight is 236 g/mol. The quantitative estimate of drug-likeness (QED) is 0.815. The third-order valence-electron chi connectivity index (χ3n) is 2.95. The number of carbonyl (C=O) groups is 1. The minimum Gasteiger partial charge on any atom is -0.497 e. The Morgan fingerprint density at radius 3 is 2.82 bits per heavy atom. The Morgan fingerprint density at radius 1 is 1.53 bits per heavy atom. The number of hydrogen-bond donors (Lipinski definition) is 1. The SMILES string of the molecule is COc1cccc(C(C)N(C)CCC(N)=O)c1. The zero-order valence-electron chi connectivity index (χ0n) is 10.6. The van der Waals surface area contributed by atoms with Crippen molar-refractivity contribution in [3.8, 4) is 5.75 Å². The number of rotatable bonds is 6. The lowest BCUT2D eigenvalue weighted by molar-refractivity contribution is -0.118. The molecule has 0 bridgehead atoms. The van der Waals surface area contributed by atoms with Crippen LogP contribution in [0.4, 0.5) is 0 Å². The number of primary amides is 1. The molecule has 2 N–H and O–H groups in total. The Bertz CT molecular complexity index is 379. The van der Waals surface area contributed by atoms with E-state index < -0.39 is 0 Å². The topological polar surface area (TPSA) is 55.6 Å². The smallest absolute Gasteiger partial charge is 0.218 e. The molecule has 0 aliphatic carbocycles. The highest BCUT2D eigenvalue weighted by atomic mass is 16.5. The van der Waals surface area contributed by atoms with Gasteiger partial charge in [-0.15, -0.1) is 0 Å². The summed E-state index contributed by atoms with van der Waals surface area (Å²) in [5.74, 6) is 0.576. The maximum absolute atomic E-state index is 10.7. The van der Waals surface area contributed by atoms with Crippen molar-refractivity contribution in [3.05, 3.63) is 29.8 Å². The van der Waals surface area contributed by atoms with Crippen LogP contribution in [0.2, 0.25) is 0 Å². The van der Waals surface area contributed by atoms with Crippen LogP contribution in [-0.4, -0.2) is 31.5 Å². The summed E-state index contributed by atoms with van der Waals surface area (Å²) < 4.78 is 5.19. The minimum absolute atomic E-state index is 0.226. The van der Waals surface area contributed by atoms with Gasteiger partial charge in [0.05, 0.1) is 7.11 Å². The predicted octanol–water partition coefficient (Wildman–Crippen LogP) is 1.56. The fraction of sp³-hybridized carbons (Fsp3) is 0.462. The minimum atomic E-state index is -0.269. The summed E-state index contributed by atoms with van der Waals surface area (Å²) in [7, 11) is 3.63. The summed E-state index contributed by atoms with van der Waals surface area (Å²) >= 11 is 0. The van der Waals surface area contributed by atoms with Gasteiger partial charge in [-0.25, -0.2) is 0 Å². The molecule has 0 spiro atoms. The van der Waals surface area contributed by atoms with Crippen molar-refractivity contribution in [2.75, 3.05) is 20.7 Å². The summed E-state index contributed by atoms with van der Waals surface area (Å²) in [5.41, 5.74) is 6.30. The molecule has 1 aromatic carbocycles. The summed E-state index contributed by atoms with van der Waals surface area (Å²) in [6, 6.07) is 8.16. The van der Waals surface area contributed by atoms with Crippen LogP contribution in [0.1, 0.15) is 24.9 Å². The van der Waals surface area contributed by atoms with Crippen LogP contribution in [0.25, 0.3) is 0 Å². The molecule has 0 aromatic heterocycles. The number of nitrogens with zero attached hydrogens (tertiary/aromatic N) is 1. The summed E-state index contributed by atoms with van der Waals surface area (Å²) in [6.45, 7) is 2.75. The van der Waals surface area contributed by atoms with E-state index in [9.17, 15) is 4.79 Å². The first kappa shape index (κ1) is 13.5. The van der Waals surface area contributed by atoms with E-state index in [2.05, 4.69) is 11.8 Å². The fourth-order valence-corrected chi connectivity index (χ4v) is 1.64. The van der Waals surface area contributed by atoms with Gasteiger partial charge in [-0.2, -0.15) is 0 Å². The standard InChI is InChI=1S/C13H20N2O2/c1-10(15(2)8-7-13(14)16)11-5-4-6-12(9-11)17-3/h4-6,9-10H,7-8H2,1-3H3,(H2,14,16). The van der Waals surface area contributed by atoms with Crippen molar-refractivity contribution in [1.82, 2.24) is 4.90 Å². The molecular formula is C13H20N2O2. The second-order valence-corrected chi connectivity index (χ2v) is 4.15. The molecule has 0 heterocycles. The molecule has 0 aliphatic rings. The molecule has 1 atom stereocenters. The molecule has 0 saturated heterocycles. The summed E-state index contributed by atoms with van der Waals surface area (Å²) in [4.78, 5) is 12.8. The number of hydrogen-bond acceptors (Lipinski definition) is 3. The average Bonchev–Trinajstić information content (AvgIpc) is 2.35. The number of benzene rings is 1. The number of methoxy groups -OCH3 is 1. The van der Waals surface area contributed by atoms with Gasteiger partial charge in [0.2, 0.25) is 5.91 Å². The Morgan fingerprint density at radius 2 is 2.24 bits per heavy atom. The third-order valence-corrected chi connectivity index (χ3v) is 2.95. The van der Waals surface area contributed by atoms with Gasteiger partial charge in [-0.05, 0) is 31.7 Å². The molecule has 0 saturated carbocycles. The Hall–Kier alpha value is -1.55. The van der Waals surface area contributed by atoms with Crippen LogP contribution in [0, 0.1) is 0 Å². The number of amides is 1. The summed E-state index contributed by atoms with van der Waals surface area (Å²) in [5, 5.41) is 0. The molecule has 1 rings (SSSR count). The third kappa shape index (κ3) is 4.07. The van der Waals surface area contributed by atoms with Gasteiger partial charge < -0.3 is 10.5 Å². The molecule has 17 heavy (non-hydrogen) atoms. The second kappa shape index (κ2) is 6.25. The largest absolute Gasteiger partial charge is 0.497 e. The maximum atomic E-state index is 10.7. The normalized spacial score (nSPS) is 12.5. The van der Waals surface area contributed by atoms with Crippen LogP contribution in [-0.2, 0) is 4.79 Å². The van der Waals surface area contributed by atoms with E-state index in [0.717, 1.165) is 11.3 Å². The zero-order chi connectivity index (χ0) is 12.8. The van der Waals surface area contributed by atoms with Crippen LogP contribution in [0.15, 0.2) is 24.3 Å². The first-order chi connectivity index (χ1) is 8.04. The summed E-state index contributed by atoms with van der Waals surface area (Å²) in [6.07, 6.45) is 0.380. The Labute approximate surface area is 102 Å². The van der Waals surface area contributed by atoms with Gasteiger partial charge in [-0.1, -0.05) is 12.1 Å². The van der Waals surface area contributed by atoms with Crippen LogP contribution in [0.3, 0.4) is 0 Å². The molecule has 1 unspecified atom stereocenters. The van der Waals surface area contributed by atoms with Crippen LogP contribution < -0.4 is 10.5 Å². The van der Waals surface area contributed by atoms with Gasteiger partial charge in [-0.3, -0.25) is 9.69 Å². The van der Waals surface area contributed by atoms with Crippen LogP contribution >= 0.6 is 0 Å². The van der Waals surface area contributed by atoms with Gasteiger partial charge in [0, 0.05) is 19.0 Å². The van der Waals surface area contributed by atoms with Gasteiger partial charge in [0.15, 0.2) is 0 Å². The second-order valence-electron chi connectivity index (χ2n) is 4.15. The highest BCUT2D eigenvalue weighted by molar-refractivity contribution is 5.73. The van der Waals surface area contributed by atoms with E-state index >= 15 is 0 Å². The van der Waals surface area contributed by atoms with E-state index in [-0.39, 0.29) is 11.9 Å². The van der Waals surface area contributed by atoms with E-state index in [1.54, 1.807) is 7.11 Å². The van der Waals surface area contributed by atoms with Crippen molar-refractivity contribution in [2.24, 2.45) is 5.73 Å². The predicted molar refractivity (Wildman–Crippen MR) is 67.9 cm³/mol. The van der Waals surface area contributed by atoms with Crippen molar-refractivity contribution < 1.29 is 9.53 Å². The molecule has 94 valence electrons. The molecule has 1 aromatic rings. The molecule has 0 aliphatic heterocycles. The number of nitrogens with two attached hydrogens (primary N) is 1. The molecule has 1 amide bonds. The number of ether oxygens (including phenoxy) is 1. The fourth-order valence-electron chi connectivity index (χ4n) is 1.64. The van der Waals surface area contributed by atoms with Crippen molar-refractivity contribution in [2.45, 2.75) is 19.4 Å². The zero-order valence-corrected chi connectivity index (χ0v) is 10.6. The van der Waals surface area contributed by atoms with E-state index in [1.807, 2.05) is 31.3 Å². The Balaban J connectivity index is 2.66. The van der Waals surface area contributed by atoms with Crippen molar-refractivity contribution in [3.63, 3.8) is 0 Å². The monoisotopic (exact) mass is 236 g/mol. The molecular weight excluding hydrogens is 216 g/mol. The van der Waals surface area contributed by atoms with Gasteiger partial charge >= 0.3 is 0 Å². The van der Waals surface area contributed by atoms with Crippen LogP contribution in [0.5, 0.6) is 5.75 Å². The van der Waals surface area contributed by atoms with Crippen molar-refractivity contribution in [1.29, 1.82) is 0 Å². The highest BCUT2D eigenvalue weighted by Crippen LogP contribution is 2.22. The van der Waals surface area contributed by atoms with Gasteiger partial charge in [0.1, 0.15) is 5.75 Å². The molecule has 4 nitrogen and oxygen atoms in total. The lowest BCUT2D eigenvalue weighted by atomic mass is 10.1.